The minimum atomic E-state index is -1.60. The lowest BCUT2D eigenvalue weighted by Gasteiger charge is -2.08. The number of nitrogens with zero attached hydrogens (tertiary/aromatic N) is 2. The number of alkyl halides is 1. The predicted octanol–water partition coefficient (Wildman–Crippen LogP) is 0.114. The Morgan fingerprint density at radius 1 is 1.67 bits per heavy atom. The summed E-state index contributed by atoms with van der Waals surface area (Å²) >= 11 is 0. The molecule has 2 N–H and O–H groups in total. The molecule has 0 aromatic heterocycles. The molecule has 0 saturated heterocycles. The molecule has 1 atom stereocenters. The summed E-state index contributed by atoms with van der Waals surface area (Å²) < 4.78 is 12.9. The second-order valence-corrected chi connectivity index (χ2v) is 1.88. The molecule has 0 aliphatic carbocycles. The summed E-state index contributed by atoms with van der Waals surface area (Å²) in [4.78, 5) is 6.97. The summed E-state index contributed by atoms with van der Waals surface area (Å²) in [6, 6.07) is 0. The van der Waals surface area contributed by atoms with Crippen molar-refractivity contribution < 1.29 is 4.39 Å². The highest BCUT2D eigenvalue weighted by Gasteiger charge is 2.26. The van der Waals surface area contributed by atoms with Gasteiger partial charge in [0.2, 0.25) is 5.79 Å². The van der Waals surface area contributed by atoms with Gasteiger partial charge in [-0.05, 0) is 6.54 Å². The average molecular weight is 129 g/mol. The Kier molecular flexibility index (Phi) is 1.57. The molecular weight excluding hydrogens is 121 g/mol. The van der Waals surface area contributed by atoms with Gasteiger partial charge in [-0.3, -0.25) is 0 Å². The van der Waals surface area contributed by atoms with Crippen LogP contribution in [-0.2, 0) is 0 Å². The summed E-state index contributed by atoms with van der Waals surface area (Å²) in [5.74, 6) is -1.60. The maximum Gasteiger partial charge on any atom is 0.238 e. The van der Waals surface area contributed by atoms with Crippen molar-refractivity contribution in [2.24, 2.45) is 15.7 Å². The van der Waals surface area contributed by atoms with Crippen LogP contribution in [0.4, 0.5) is 4.39 Å². The van der Waals surface area contributed by atoms with Crippen molar-refractivity contribution in [3.8, 4) is 0 Å². The quantitative estimate of drug-likeness (QED) is 0.529. The average Bonchev–Trinajstić information content (AvgIpc) is 2.16. The fourth-order valence-electron chi connectivity index (χ4n) is 0.642. The molecule has 50 valence electrons. The highest BCUT2D eigenvalue weighted by molar-refractivity contribution is 5.84. The van der Waals surface area contributed by atoms with Crippen LogP contribution < -0.4 is 5.73 Å². The molecule has 1 unspecified atom stereocenters. The van der Waals surface area contributed by atoms with E-state index in [1.54, 1.807) is 0 Å². The van der Waals surface area contributed by atoms with Gasteiger partial charge in [0.15, 0.2) is 0 Å². The number of aliphatic imine (C=N–C) groups is 2. The summed E-state index contributed by atoms with van der Waals surface area (Å²) in [6.45, 7) is 0.292. The van der Waals surface area contributed by atoms with Gasteiger partial charge in [0, 0.05) is 6.42 Å². The van der Waals surface area contributed by atoms with Crippen LogP contribution in [0.2, 0.25) is 0 Å². The van der Waals surface area contributed by atoms with E-state index in [1.165, 1.54) is 12.6 Å². The monoisotopic (exact) mass is 129 g/mol. The molecule has 1 aliphatic heterocycles. The molecule has 1 aliphatic rings. The van der Waals surface area contributed by atoms with Gasteiger partial charge < -0.3 is 5.73 Å². The first-order valence-electron chi connectivity index (χ1n) is 2.74. The smallest absolute Gasteiger partial charge is 0.238 e. The molecular formula is C5H8FN3. The third kappa shape index (κ3) is 1.32. The summed E-state index contributed by atoms with van der Waals surface area (Å²) in [5, 5.41) is 0. The molecule has 0 radical (unpaired) electrons. The number of hydrogen-bond donors (Lipinski definition) is 1. The van der Waals surface area contributed by atoms with E-state index in [9.17, 15) is 4.39 Å². The minimum Gasteiger partial charge on any atom is -0.330 e. The predicted molar refractivity (Wildman–Crippen MR) is 34.5 cm³/mol. The lowest BCUT2D eigenvalue weighted by Crippen LogP contribution is -2.23. The Labute approximate surface area is 52.5 Å². The standard InChI is InChI=1S/C5H8FN3/c6-5(1-2-7)3-8-4-9-5/h3-4H,1-2,7H2. The molecule has 0 aromatic carbocycles. The zero-order chi connectivity index (χ0) is 6.74. The molecule has 9 heavy (non-hydrogen) atoms. The Balaban J connectivity index is 2.53. The van der Waals surface area contributed by atoms with E-state index in [2.05, 4.69) is 9.98 Å². The molecule has 4 heteroatoms. The first-order chi connectivity index (χ1) is 4.27. The van der Waals surface area contributed by atoms with E-state index >= 15 is 0 Å². The topological polar surface area (TPSA) is 50.7 Å². The highest BCUT2D eigenvalue weighted by Crippen LogP contribution is 2.16. The Morgan fingerprint density at radius 2 is 2.44 bits per heavy atom. The maximum absolute atomic E-state index is 12.9. The molecule has 0 fully saturated rings. The maximum atomic E-state index is 12.9. The van der Waals surface area contributed by atoms with Gasteiger partial charge >= 0.3 is 0 Å². The van der Waals surface area contributed by atoms with Gasteiger partial charge in [-0.25, -0.2) is 14.4 Å². The molecule has 0 aromatic rings. The van der Waals surface area contributed by atoms with Crippen LogP contribution in [0.25, 0.3) is 0 Å². The lowest BCUT2D eigenvalue weighted by atomic mass is 10.2. The first-order valence-corrected chi connectivity index (χ1v) is 2.74. The van der Waals surface area contributed by atoms with Crippen LogP contribution in [0.15, 0.2) is 9.98 Å². The third-order valence-corrected chi connectivity index (χ3v) is 1.11. The van der Waals surface area contributed by atoms with Gasteiger partial charge in [-0.1, -0.05) is 0 Å². The number of hydrogen-bond acceptors (Lipinski definition) is 3. The van der Waals surface area contributed by atoms with E-state index in [4.69, 9.17) is 5.73 Å². The van der Waals surface area contributed by atoms with Crippen molar-refractivity contribution in [1.29, 1.82) is 0 Å². The number of halogens is 1. The molecule has 0 saturated carbocycles. The molecule has 1 rings (SSSR count). The van der Waals surface area contributed by atoms with Crippen molar-refractivity contribution in [2.45, 2.75) is 12.2 Å². The Hall–Kier alpha value is -0.770. The summed E-state index contributed by atoms with van der Waals surface area (Å²) in [5.41, 5.74) is 5.12. The second-order valence-electron chi connectivity index (χ2n) is 1.88. The van der Waals surface area contributed by atoms with Gasteiger partial charge in [-0.2, -0.15) is 0 Å². The fraction of sp³-hybridized carbons (Fsp3) is 0.600. The second kappa shape index (κ2) is 2.23. The highest BCUT2D eigenvalue weighted by atomic mass is 19.1. The summed E-state index contributed by atoms with van der Waals surface area (Å²) in [6.07, 6.45) is 2.59. The van der Waals surface area contributed by atoms with E-state index < -0.39 is 5.79 Å². The van der Waals surface area contributed by atoms with E-state index in [1.807, 2.05) is 0 Å². The Morgan fingerprint density at radius 3 is 2.89 bits per heavy atom. The van der Waals surface area contributed by atoms with E-state index in [0.717, 1.165) is 0 Å². The molecule has 0 bridgehead atoms. The largest absolute Gasteiger partial charge is 0.330 e. The van der Waals surface area contributed by atoms with Crippen LogP contribution in [0.5, 0.6) is 0 Å². The molecule has 3 nitrogen and oxygen atoms in total. The van der Waals surface area contributed by atoms with Crippen LogP contribution in [-0.4, -0.2) is 24.9 Å². The molecule has 0 amide bonds. The summed E-state index contributed by atoms with van der Waals surface area (Å²) in [7, 11) is 0. The van der Waals surface area contributed by atoms with Crippen molar-refractivity contribution in [1.82, 2.24) is 0 Å². The van der Waals surface area contributed by atoms with Crippen LogP contribution >= 0.6 is 0 Å². The van der Waals surface area contributed by atoms with Crippen molar-refractivity contribution in [3.63, 3.8) is 0 Å². The number of rotatable bonds is 2. The van der Waals surface area contributed by atoms with Gasteiger partial charge in [0.05, 0.1) is 6.21 Å². The van der Waals surface area contributed by atoms with Crippen LogP contribution in [0.3, 0.4) is 0 Å². The first kappa shape index (κ1) is 6.35. The number of nitrogens with two attached hydrogens (primary N) is 1. The van der Waals surface area contributed by atoms with E-state index in [0.29, 0.717) is 6.54 Å². The lowest BCUT2D eigenvalue weighted by molar-refractivity contribution is 0.267. The SMILES string of the molecule is NCCC1(F)C=NC=N1. The molecule has 0 spiro atoms. The zero-order valence-electron chi connectivity index (χ0n) is 4.92. The van der Waals surface area contributed by atoms with Crippen molar-refractivity contribution in [2.75, 3.05) is 6.54 Å². The van der Waals surface area contributed by atoms with Crippen LogP contribution in [0, 0.1) is 0 Å². The van der Waals surface area contributed by atoms with E-state index in [-0.39, 0.29) is 6.42 Å². The Bertz CT molecular complexity index is 140. The normalized spacial score (nSPS) is 31.8. The zero-order valence-corrected chi connectivity index (χ0v) is 4.92. The van der Waals surface area contributed by atoms with Crippen molar-refractivity contribution in [3.05, 3.63) is 0 Å². The minimum absolute atomic E-state index is 0.215. The third-order valence-electron chi connectivity index (χ3n) is 1.11. The van der Waals surface area contributed by atoms with Gasteiger partial charge in [0.1, 0.15) is 6.34 Å². The van der Waals surface area contributed by atoms with Crippen molar-refractivity contribution >= 4 is 12.6 Å². The molecule has 1 heterocycles. The van der Waals surface area contributed by atoms with Crippen LogP contribution in [0.1, 0.15) is 6.42 Å². The van der Waals surface area contributed by atoms with Gasteiger partial charge in [0.25, 0.3) is 0 Å². The fourth-order valence-corrected chi connectivity index (χ4v) is 0.642. The van der Waals surface area contributed by atoms with Gasteiger partial charge in [-0.15, -0.1) is 0 Å².